The zero-order valence-electron chi connectivity index (χ0n) is 27.7. The molecule has 1 aliphatic carbocycles. The lowest BCUT2D eigenvalue weighted by Gasteiger charge is -2.32. The number of ether oxygens (including phenoxy) is 1. The summed E-state index contributed by atoms with van der Waals surface area (Å²) in [6, 6.07) is 8.28. The topological polar surface area (TPSA) is 137 Å². The van der Waals surface area contributed by atoms with Gasteiger partial charge in [-0.1, -0.05) is 89.8 Å². The van der Waals surface area contributed by atoms with Gasteiger partial charge in [-0.25, -0.2) is 4.79 Å². The molecule has 1 aromatic rings. The Morgan fingerprint density at radius 1 is 0.955 bits per heavy atom. The van der Waals surface area contributed by atoms with E-state index in [0.717, 1.165) is 31.2 Å². The first kappa shape index (κ1) is 37.3. The first-order chi connectivity index (χ1) is 20.6. The van der Waals surface area contributed by atoms with Gasteiger partial charge in [-0.05, 0) is 57.4 Å². The summed E-state index contributed by atoms with van der Waals surface area (Å²) < 4.78 is 5.43. The summed E-state index contributed by atoms with van der Waals surface area (Å²) in [5.41, 5.74) is 0.508. The average Bonchev–Trinajstić information content (AvgIpc) is 2.95. The highest BCUT2D eigenvalue weighted by molar-refractivity contribution is 5.92. The summed E-state index contributed by atoms with van der Waals surface area (Å²) >= 11 is 0. The zero-order chi connectivity index (χ0) is 32.9. The fourth-order valence-electron chi connectivity index (χ4n) is 5.57. The number of amides is 3. The maximum atomic E-state index is 13.5. The molecule has 0 radical (unpaired) electrons. The lowest BCUT2D eigenvalue weighted by molar-refractivity contribution is -0.127. The van der Waals surface area contributed by atoms with Crippen LogP contribution >= 0.6 is 0 Å². The lowest BCUT2D eigenvalue weighted by atomic mass is 9.82. The van der Waals surface area contributed by atoms with Gasteiger partial charge in [0.2, 0.25) is 11.8 Å². The molecule has 9 heteroatoms. The molecule has 9 nitrogen and oxygen atoms in total. The maximum absolute atomic E-state index is 13.5. The highest BCUT2D eigenvalue weighted by Crippen LogP contribution is 2.29. The minimum absolute atomic E-state index is 0.0531. The molecule has 0 aliphatic heterocycles. The van der Waals surface area contributed by atoms with Gasteiger partial charge in [-0.15, -0.1) is 0 Å². The van der Waals surface area contributed by atoms with Crippen molar-refractivity contribution in [2.75, 3.05) is 6.54 Å². The average molecular weight is 616 g/mol. The Kier molecular flexibility index (Phi) is 15.4. The summed E-state index contributed by atoms with van der Waals surface area (Å²) in [5.74, 6) is -0.532. The molecule has 1 aliphatic rings. The van der Waals surface area contributed by atoms with Crippen molar-refractivity contribution < 1.29 is 29.3 Å². The van der Waals surface area contributed by atoms with Crippen LogP contribution in [0.2, 0.25) is 0 Å². The maximum Gasteiger partial charge on any atom is 0.407 e. The van der Waals surface area contributed by atoms with Crippen molar-refractivity contribution in [1.29, 1.82) is 0 Å². The van der Waals surface area contributed by atoms with Gasteiger partial charge in [0.05, 0.1) is 24.3 Å². The quantitative estimate of drug-likeness (QED) is 0.165. The van der Waals surface area contributed by atoms with E-state index in [0.29, 0.717) is 31.2 Å². The smallest absolute Gasteiger partial charge is 0.407 e. The Hall–Kier alpha value is -2.91. The molecule has 0 bridgehead atoms. The van der Waals surface area contributed by atoms with Crippen LogP contribution in [0.5, 0.6) is 0 Å². The number of aliphatic hydroxyl groups excluding tert-OH is 2. The minimum Gasteiger partial charge on any atom is -0.444 e. The van der Waals surface area contributed by atoms with Crippen molar-refractivity contribution in [2.24, 2.45) is 17.8 Å². The molecule has 0 spiro atoms. The second-order valence-corrected chi connectivity index (χ2v) is 14.0. The SMILES string of the molecule is C=C(C[C@H](O)[C@H](CC1CCCCC1)NC(=O)[C@@H](C)C[C@@H](O)[C@H](Cc1ccccc1)NC(=O)OC(C)(C)C)C(=O)NCC(C)C. The molecule has 0 unspecified atom stereocenters. The molecule has 44 heavy (non-hydrogen) atoms. The number of carbonyl (C=O) groups is 3. The van der Waals surface area contributed by atoms with Gasteiger partial charge >= 0.3 is 6.09 Å². The van der Waals surface area contributed by atoms with Crippen LogP contribution in [0.15, 0.2) is 42.5 Å². The van der Waals surface area contributed by atoms with Crippen LogP contribution < -0.4 is 16.0 Å². The van der Waals surface area contributed by atoms with Crippen LogP contribution in [-0.4, -0.2) is 64.6 Å². The molecule has 3 amide bonds. The summed E-state index contributed by atoms with van der Waals surface area (Å²) in [7, 11) is 0. The van der Waals surface area contributed by atoms with Crippen LogP contribution in [0.3, 0.4) is 0 Å². The van der Waals surface area contributed by atoms with Gasteiger partial charge in [0, 0.05) is 24.5 Å². The molecule has 0 saturated heterocycles. The van der Waals surface area contributed by atoms with Crippen molar-refractivity contribution >= 4 is 17.9 Å². The third-order valence-electron chi connectivity index (χ3n) is 8.06. The van der Waals surface area contributed by atoms with Crippen molar-refractivity contribution in [3.8, 4) is 0 Å². The molecule has 0 heterocycles. The third kappa shape index (κ3) is 14.2. The number of aliphatic hydroxyl groups is 2. The van der Waals surface area contributed by atoms with Crippen LogP contribution in [0.4, 0.5) is 4.79 Å². The second kappa shape index (κ2) is 18.2. The van der Waals surface area contributed by atoms with E-state index >= 15 is 0 Å². The van der Waals surface area contributed by atoms with E-state index in [-0.39, 0.29) is 30.2 Å². The minimum atomic E-state index is -1.03. The molecule has 5 N–H and O–H groups in total. The Bertz CT molecular complexity index is 1050. The van der Waals surface area contributed by atoms with E-state index in [9.17, 15) is 24.6 Å². The van der Waals surface area contributed by atoms with E-state index in [1.807, 2.05) is 44.2 Å². The molecular formula is C35H57N3O6. The largest absolute Gasteiger partial charge is 0.444 e. The number of benzene rings is 1. The fraction of sp³-hybridized carbons (Fsp3) is 0.686. The normalized spacial score (nSPS) is 17.6. The highest BCUT2D eigenvalue weighted by Gasteiger charge is 2.32. The Balaban J connectivity index is 2.10. The summed E-state index contributed by atoms with van der Waals surface area (Å²) in [6.07, 6.45) is 4.00. The van der Waals surface area contributed by atoms with Crippen LogP contribution in [0.1, 0.15) is 98.5 Å². The number of alkyl carbamates (subject to hydrolysis) is 1. The molecule has 248 valence electrons. The molecular weight excluding hydrogens is 558 g/mol. The molecule has 1 fully saturated rings. The summed E-state index contributed by atoms with van der Waals surface area (Å²) in [6.45, 7) is 15.5. The molecule has 1 saturated carbocycles. The first-order valence-electron chi connectivity index (χ1n) is 16.3. The molecule has 5 atom stereocenters. The lowest BCUT2D eigenvalue weighted by Crippen LogP contribution is -2.50. The van der Waals surface area contributed by atoms with Crippen molar-refractivity contribution in [1.82, 2.24) is 16.0 Å². The standard InChI is InChI=1S/C35H57N3O6/c1-23(2)22-36-32(41)24(3)18-30(39)28(20-26-14-10-8-11-15-26)37-33(42)25(4)19-31(40)29(21-27-16-12-9-13-17-27)38-34(43)44-35(5,6)7/h9,12-13,16-17,23,25-26,28-31,39-40H,3,8,10-11,14-15,18-22H2,1-2,4-7H3,(H,36,41)(H,37,42)(H,38,43)/t25-,28-,29-,30-,31+/m0/s1. The molecule has 1 aromatic carbocycles. The van der Waals surface area contributed by atoms with E-state index in [1.54, 1.807) is 27.7 Å². The number of rotatable bonds is 16. The van der Waals surface area contributed by atoms with Crippen LogP contribution in [0.25, 0.3) is 0 Å². The van der Waals surface area contributed by atoms with Crippen molar-refractivity contribution in [3.05, 3.63) is 48.0 Å². The third-order valence-corrected chi connectivity index (χ3v) is 8.06. The van der Waals surface area contributed by atoms with E-state index in [4.69, 9.17) is 4.74 Å². The van der Waals surface area contributed by atoms with Gasteiger partial charge in [0.1, 0.15) is 5.60 Å². The van der Waals surface area contributed by atoms with E-state index < -0.39 is 41.9 Å². The van der Waals surface area contributed by atoms with E-state index in [1.165, 1.54) is 6.42 Å². The van der Waals surface area contributed by atoms with Crippen LogP contribution in [0, 0.1) is 17.8 Å². The number of nitrogens with one attached hydrogen (secondary N) is 3. The van der Waals surface area contributed by atoms with Gasteiger partial charge in [0.25, 0.3) is 0 Å². The van der Waals surface area contributed by atoms with Crippen molar-refractivity contribution in [3.63, 3.8) is 0 Å². The van der Waals surface area contributed by atoms with Gasteiger partial charge in [-0.2, -0.15) is 0 Å². The second-order valence-electron chi connectivity index (χ2n) is 14.0. The number of hydrogen-bond donors (Lipinski definition) is 5. The predicted molar refractivity (Wildman–Crippen MR) is 174 cm³/mol. The Labute approximate surface area is 264 Å². The Morgan fingerprint density at radius 2 is 1.59 bits per heavy atom. The molecule has 0 aromatic heterocycles. The monoisotopic (exact) mass is 615 g/mol. The number of hydrogen-bond acceptors (Lipinski definition) is 6. The summed E-state index contributed by atoms with van der Waals surface area (Å²) in [4.78, 5) is 38.6. The van der Waals surface area contributed by atoms with Crippen molar-refractivity contribution in [2.45, 2.75) is 129 Å². The van der Waals surface area contributed by atoms with Crippen LogP contribution in [-0.2, 0) is 20.7 Å². The fourth-order valence-corrected chi connectivity index (χ4v) is 5.57. The predicted octanol–water partition coefficient (Wildman–Crippen LogP) is 5.04. The van der Waals surface area contributed by atoms with E-state index in [2.05, 4.69) is 22.5 Å². The molecule has 2 rings (SSSR count). The summed E-state index contributed by atoms with van der Waals surface area (Å²) in [5, 5.41) is 31.2. The zero-order valence-corrected chi connectivity index (χ0v) is 27.7. The van der Waals surface area contributed by atoms with Gasteiger partial charge < -0.3 is 30.9 Å². The van der Waals surface area contributed by atoms with Gasteiger partial charge in [-0.3, -0.25) is 9.59 Å². The Morgan fingerprint density at radius 3 is 2.18 bits per heavy atom. The number of carbonyl (C=O) groups excluding carboxylic acids is 3. The highest BCUT2D eigenvalue weighted by atomic mass is 16.6. The first-order valence-corrected chi connectivity index (χ1v) is 16.3. The van der Waals surface area contributed by atoms with Gasteiger partial charge in [0.15, 0.2) is 0 Å².